The van der Waals surface area contributed by atoms with Gasteiger partial charge in [0.2, 0.25) is 23.6 Å². The molecule has 0 aliphatic heterocycles. The van der Waals surface area contributed by atoms with E-state index >= 15 is 0 Å². The van der Waals surface area contributed by atoms with Crippen LogP contribution in [0.2, 0.25) is 0 Å². The van der Waals surface area contributed by atoms with Crippen LogP contribution in [0.3, 0.4) is 0 Å². The predicted octanol–water partition coefficient (Wildman–Crippen LogP) is -1.69. The van der Waals surface area contributed by atoms with E-state index in [-0.39, 0.29) is 82.9 Å². The SMILES string of the molecule is CCNCCOCCOCC(=O)NC(CCCCNC(=O)COCCOCCNC(C)=O)C(=O)NCCOCCOCC(C)=O. The average Bonchev–Trinajstić information content (AvgIpc) is 2.99. The maximum absolute atomic E-state index is 12.8. The number of ketones is 1. The van der Waals surface area contributed by atoms with E-state index in [1.165, 1.54) is 13.8 Å². The number of carbonyl (C=O) groups is 5. The molecule has 0 fully saturated rings. The summed E-state index contributed by atoms with van der Waals surface area (Å²) in [6.07, 6.45) is 1.50. The second-order valence-electron chi connectivity index (χ2n) is 9.79. The fraction of sp³-hybridized carbons (Fsp3) is 0.828. The van der Waals surface area contributed by atoms with Gasteiger partial charge in [0.05, 0.1) is 59.5 Å². The van der Waals surface area contributed by atoms with E-state index in [0.29, 0.717) is 58.8 Å². The van der Waals surface area contributed by atoms with Gasteiger partial charge in [-0.05, 0) is 32.7 Å². The van der Waals surface area contributed by atoms with E-state index in [1.807, 2.05) is 6.92 Å². The van der Waals surface area contributed by atoms with Gasteiger partial charge >= 0.3 is 0 Å². The lowest BCUT2D eigenvalue weighted by atomic mass is 10.1. The number of ether oxygens (including phenoxy) is 6. The van der Waals surface area contributed by atoms with Gasteiger partial charge in [-0.2, -0.15) is 0 Å². The van der Waals surface area contributed by atoms with Gasteiger partial charge in [0, 0.05) is 33.1 Å². The van der Waals surface area contributed by atoms with Crippen LogP contribution in [0.25, 0.3) is 0 Å². The number of Topliss-reactive ketones (excluding diaryl/α,β-unsaturated/α-hetero) is 1. The summed E-state index contributed by atoms with van der Waals surface area (Å²) in [6.45, 7) is 10.1. The van der Waals surface area contributed by atoms with Crippen molar-refractivity contribution in [3.63, 3.8) is 0 Å². The van der Waals surface area contributed by atoms with E-state index in [0.717, 1.165) is 13.1 Å². The molecule has 45 heavy (non-hydrogen) atoms. The standard InChI is InChI=1S/C29H55N5O11/c1-4-30-9-12-40-16-20-45-23-28(38)34-26(29(39)33-11-14-42-15-18-43-21-24(2)35)7-5-6-8-32-27(37)22-44-19-17-41-13-10-31-25(3)36/h26,30H,4-23H2,1-3H3,(H,31,36)(H,32,37)(H,33,39)(H,34,38). The third-order valence-corrected chi connectivity index (χ3v) is 5.62. The van der Waals surface area contributed by atoms with E-state index in [9.17, 15) is 24.0 Å². The molecule has 0 heterocycles. The Morgan fingerprint density at radius 3 is 1.67 bits per heavy atom. The van der Waals surface area contributed by atoms with Crippen molar-refractivity contribution in [2.75, 3.05) is 112 Å². The van der Waals surface area contributed by atoms with E-state index in [1.54, 1.807) is 0 Å². The Morgan fingerprint density at radius 1 is 0.556 bits per heavy atom. The maximum Gasteiger partial charge on any atom is 0.246 e. The molecule has 16 nitrogen and oxygen atoms in total. The monoisotopic (exact) mass is 649 g/mol. The molecule has 0 aliphatic carbocycles. The topological polar surface area (TPSA) is 201 Å². The third kappa shape index (κ3) is 31.1. The van der Waals surface area contributed by atoms with Crippen molar-refractivity contribution >= 4 is 29.4 Å². The first kappa shape index (κ1) is 42.3. The lowest BCUT2D eigenvalue weighted by molar-refractivity contribution is -0.132. The van der Waals surface area contributed by atoms with Gasteiger partial charge in [-0.1, -0.05) is 6.92 Å². The average molecular weight is 650 g/mol. The highest BCUT2D eigenvalue weighted by Gasteiger charge is 2.20. The zero-order valence-corrected chi connectivity index (χ0v) is 27.2. The maximum atomic E-state index is 12.8. The van der Waals surface area contributed by atoms with Crippen LogP contribution in [0.1, 0.15) is 40.0 Å². The van der Waals surface area contributed by atoms with Crippen LogP contribution < -0.4 is 26.6 Å². The van der Waals surface area contributed by atoms with Crippen LogP contribution in [-0.4, -0.2) is 147 Å². The van der Waals surface area contributed by atoms with Crippen molar-refractivity contribution in [3.05, 3.63) is 0 Å². The molecule has 1 atom stereocenters. The number of rotatable bonds is 32. The highest BCUT2D eigenvalue weighted by atomic mass is 16.5. The van der Waals surface area contributed by atoms with Crippen molar-refractivity contribution in [3.8, 4) is 0 Å². The summed E-state index contributed by atoms with van der Waals surface area (Å²) >= 11 is 0. The Kier molecular flexibility index (Phi) is 29.4. The van der Waals surface area contributed by atoms with Crippen molar-refractivity contribution < 1.29 is 52.4 Å². The molecule has 0 spiro atoms. The Bertz CT molecular complexity index is 805. The molecule has 1 unspecified atom stereocenters. The second-order valence-corrected chi connectivity index (χ2v) is 9.79. The lowest BCUT2D eigenvalue weighted by Crippen LogP contribution is -2.48. The first-order chi connectivity index (χ1) is 21.8. The summed E-state index contributed by atoms with van der Waals surface area (Å²) in [4.78, 5) is 58.8. The van der Waals surface area contributed by atoms with Crippen LogP contribution in [-0.2, 0) is 52.4 Å². The largest absolute Gasteiger partial charge is 0.378 e. The number of carbonyl (C=O) groups excluding carboxylic acids is 5. The smallest absolute Gasteiger partial charge is 0.246 e. The van der Waals surface area contributed by atoms with Crippen molar-refractivity contribution in [1.82, 2.24) is 26.6 Å². The van der Waals surface area contributed by atoms with Gasteiger partial charge in [-0.3, -0.25) is 24.0 Å². The first-order valence-corrected chi connectivity index (χ1v) is 15.5. The summed E-state index contributed by atoms with van der Waals surface area (Å²) in [5.74, 6) is -1.25. The number of hydrogen-bond acceptors (Lipinski definition) is 12. The Hall–Kier alpha value is -2.73. The Balaban J connectivity index is 4.32. The minimum atomic E-state index is -0.791. The zero-order chi connectivity index (χ0) is 33.4. The fourth-order valence-corrected chi connectivity index (χ4v) is 3.45. The number of hydrogen-bond donors (Lipinski definition) is 5. The molecule has 0 bridgehead atoms. The molecule has 0 aliphatic rings. The van der Waals surface area contributed by atoms with Gasteiger partial charge in [-0.25, -0.2) is 0 Å². The molecule has 4 amide bonds. The minimum Gasteiger partial charge on any atom is -0.378 e. The molecule has 262 valence electrons. The van der Waals surface area contributed by atoms with Gasteiger partial charge < -0.3 is 55.0 Å². The molecular formula is C29H55N5O11. The summed E-state index contributed by atoms with van der Waals surface area (Å²) < 4.78 is 31.8. The van der Waals surface area contributed by atoms with Crippen LogP contribution in [0.4, 0.5) is 0 Å². The van der Waals surface area contributed by atoms with E-state index in [2.05, 4.69) is 26.6 Å². The second kappa shape index (κ2) is 31.3. The fourth-order valence-electron chi connectivity index (χ4n) is 3.45. The highest BCUT2D eigenvalue weighted by Crippen LogP contribution is 2.02. The van der Waals surface area contributed by atoms with Gasteiger partial charge in [0.25, 0.3) is 0 Å². The van der Waals surface area contributed by atoms with Crippen molar-refractivity contribution in [2.45, 2.75) is 46.1 Å². The van der Waals surface area contributed by atoms with Gasteiger partial charge in [0.15, 0.2) is 5.78 Å². The van der Waals surface area contributed by atoms with E-state index < -0.39 is 11.9 Å². The normalized spacial score (nSPS) is 11.5. The Labute approximate surface area is 266 Å². The number of likely N-dealkylation sites (N-methyl/N-ethyl adjacent to an activating group) is 1. The molecule has 0 aromatic carbocycles. The Morgan fingerprint density at radius 2 is 1.09 bits per heavy atom. The quantitative estimate of drug-likeness (QED) is 0.0519. The third-order valence-electron chi connectivity index (χ3n) is 5.62. The van der Waals surface area contributed by atoms with Gasteiger partial charge in [0.1, 0.15) is 25.9 Å². The summed E-state index contributed by atoms with van der Waals surface area (Å²) in [5, 5.41) is 14.0. The molecule has 0 saturated heterocycles. The highest BCUT2D eigenvalue weighted by molar-refractivity contribution is 5.88. The van der Waals surface area contributed by atoms with Crippen LogP contribution >= 0.6 is 0 Å². The van der Waals surface area contributed by atoms with Crippen molar-refractivity contribution in [2.24, 2.45) is 0 Å². The van der Waals surface area contributed by atoms with Crippen LogP contribution in [0, 0.1) is 0 Å². The number of amides is 4. The van der Waals surface area contributed by atoms with Crippen LogP contribution in [0.15, 0.2) is 0 Å². The summed E-state index contributed by atoms with van der Waals surface area (Å²) in [5.41, 5.74) is 0. The number of nitrogens with one attached hydrogen (secondary N) is 5. The van der Waals surface area contributed by atoms with Crippen molar-refractivity contribution in [1.29, 1.82) is 0 Å². The van der Waals surface area contributed by atoms with Gasteiger partial charge in [-0.15, -0.1) is 0 Å². The zero-order valence-electron chi connectivity index (χ0n) is 27.2. The molecule has 0 saturated carbocycles. The molecular weight excluding hydrogens is 594 g/mol. The molecule has 0 radical (unpaired) electrons. The van der Waals surface area contributed by atoms with Crippen LogP contribution in [0.5, 0.6) is 0 Å². The molecule has 0 aromatic heterocycles. The summed E-state index contributed by atoms with van der Waals surface area (Å²) in [7, 11) is 0. The molecule has 0 aromatic rings. The molecule has 16 heteroatoms. The number of unbranched alkanes of at least 4 members (excludes halogenated alkanes) is 1. The summed E-state index contributed by atoms with van der Waals surface area (Å²) in [6, 6.07) is -0.791. The molecule has 0 rings (SSSR count). The minimum absolute atomic E-state index is 0.0323. The van der Waals surface area contributed by atoms with E-state index in [4.69, 9.17) is 28.4 Å². The lowest BCUT2D eigenvalue weighted by Gasteiger charge is -2.19. The predicted molar refractivity (Wildman–Crippen MR) is 165 cm³/mol. The molecule has 5 N–H and O–H groups in total. The first-order valence-electron chi connectivity index (χ1n) is 15.5.